The molecule has 0 aromatic carbocycles. The molecule has 0 aromatic rings. The standard InChI is InChI=1S/C15H29N3O2S/c19-21(20,11-6-13-3-7-16-8-4-13)17-14-5-10-18-9-1-2-15(18)12-14/h13-17H,1-12H2. The molecule has 2 atom stereocenters. The second-order valence-corrected chi connectivity index (χ2v) is 8.85. The van der Waals surface area contributed by atoms with Crippen molar-refractivity contribution in [2.45, 2.75) is 57.0 Å². The average Bonchev–Trinajstić information content (AvgIpc) is 2.93. The van der Waals surface area contributed by atoms with Gasteiger partial charge in [-0.15, -0.1) is 0 Å². The van der Waals surface area contributed by atoms with Crippen molar-refractivity contribution in [3.63, 3.8) is 0 Å². The van der Waals surface area contributed by atoms with Crippen molar-refractivity contribution in [3.8, 4) is 0 Å². The van der Waals surface area contributed by atoms with E-state index in [0.717, 1.165) is 51.7 Å². The minimum absolute atomic E-state index is 0.169. The Bertz CT molecular complexity index is 434. The predicted molar refractivity (Wildman–Crippen MR) is 84.8 cm³/mol. The van der Waals surface area contributed by atoms with Gasteiger partial charge in [-0.05, 0) is 77.0 Å². The Hall–Kier alpha value is -0.170. The van der Waals surface area contributed by atoms with E-state index < -0.39 is 10.0 Å². The minimum Gasteiger partial charge on any atom is -0.317 e. The molecule has 122 valence electrons. The lowest BCUT2D eigenvalue weighted by Crippen LogP contribution is -2.47. The number of nitrogens with one attached hydrogen (secondary N) is 2. The van der Waals surface area contributed by atoms with Crippen LogP contribution in [0.15, 0.2) is 0 Å². The van der Waals surface area contributed by atoms with Gasteiger partial charge in [0, 0.05) is 12.1 Å². The van der Waals surface area contributed by atoms with Crippen LogP contribution >= 0.6 is 0 Å². The molecular weight excluding hydrogens is 286 g/mol. The number of fused-ring (bicyclic) bond motifs is 1. The molecule has 3 rings (SSSR count). The van der Waals surface area contributed by atoms with Crippen LogP contribution in [-0.4, -0.2) is 57.3 Å². The van der Waals surface area contributed by atoms with Crippen LogP contribution in [0.5, 0.6) is 0 Å². The van der Waals surface area contributed by atoms with Gasteiger partial charge in [-0.3, -0.25) is 0 Å². The molecule has 0 bridgehead atoms. The quantitative estimate of drug-likeness (QED) is 0.792. The van der Waals surface area contributed by atoms with Gasteiger partial charge in [0.15, 0.2) is 0 Å². The molecule has 5 nitrogen and oxygen atoms in total. The van der Waals surface area contributed by atoms with Gasteiger partial charge in [-0.1, -0.05) is 0 Å². The molecule has 2 N–H and O–H groups in total. The summed E-state index contributed by atoms with van der Waals surface area (Å²) in [6.07, 6.45) is 7.56. The van der Waals surface area contributed by atoms with Crippen LogP contribution in [0.4, 0.5) is 0 Å². The molecule has 3 aliphatic rings. The molecule has 0 radical (unpaired) electrons. The molecule has 0 spiro atoms. The van der Waals surface area contributed by atoms with Crippen LogP contribution in [0.3, 0.4) is 0 Å². The van der Waals surface area contributed by atoms with Crippen molar-refractivity contribution in [1.82, 2.24) is 14.9 Å². The Balaban J connectivity index is 1.44. The van der Waals surface area contributed by atoms with Gasteiger partial charge in [-0.25, -0.2) is 13.1 Å². The number of piperidine rings is 2. The van der Waals surface area contributed by atoms with Gasteiger partial charge in [0.2, 0.25) is 10.0 Å². The third-order valence-corrected chi connectivity index (χ3v) is 6.89. The highest BCUT2D eigenvalue weighted by Gasteiger charge is 2.33. The summed E-state index contributed by atoms with van der Waals surface area (Å²) in [7, 11) is -3.10. The summed E-state index contributed by atoms with van der Waals surface area (Å²) in [5.41, 5.74) is 0. The summed E-state index contributed by atoms with van der Waals surface area (Å²) in [6.45, 7) is 4.35. The molecule has 3 heterocycles. The van der Waals surface area contributed by atoms with Crippen LogP contribution in [-0.2, 0) is 10.0 Å². The van der Waals surface area contributed by atoms with Gasteiger partial charge in [0.25, 0.3) is 0 Å². The summed E-state index contributed by atoms with van der Waals surface area (Å²) in [5, 5.41) is 3.33. The summed E-state index contributed by atoms with van der Waals surface area (Å²) >= 11 is 0. The summed E-state index contributed by atoms with van der Waals surface area (Å²) in [5.74, 6) is 0.891. The molecule has 3 saturated heterocycles. The molecule has 0 aromatic heterocycles. The Kier molecular flexibility index (Phi) is 5.19. The molecule has 21 heavy (non-hydrogen) atoms. The Morgan fingerprint density at radius 3 is 2.71 bits per heavy atom. The second-order valence-electron chi connectivity index (χ2n) is 6.97. The lowest BCUT2D eigenvalue weighted by molar-refractivity contribution is 0.176. The molecular formula is C15H29N3O2S. The first-order valence-corrected chi connectivity index (χ1v) is 10.2. The number of hydrogen-bond donors (Lipinski definition) is 2. The van der Waals surface area contributed by atoms with Crippen molar-refractivity contribution in [2.24, 2.45) is 5.92 Å². The van der Waals surface area contributed by atoms with Gasteiger partial charge in [-0.2, -0.15) is 0 Å². The van der Waals surface area contributed by atoms with Crippen molar-refractivity contribution in [3.05, 3.63) is 0 Å². The third kappa shape index (κ3) is 4.41. The Morgan fingerprint density at radius 1 is 1.10 bits per heavy atom. The maximum atomic E-state index is 12.3. The Morgan fingerprint density at radius 2 is 1.90 bits per heavy atom. The zero-order valence-corrected chi connectivity index (χ0v) is 13.7. The summed E-state index contributed by atoms with van der Waals surface area (Å²) in [4.78, 5) is 2.53. The molecule has 6 heteroatoms. The van der Waals surface area contributed by atoms with E-state index in [9.17, 15) is 8.42 Å². The van der Waals surface area contributed by atoms with E-state index in [0.29, 0.717) is 17.7 Å². The monoisotopic (exact) mass is 315 g/mol. The highest BCUT2D eigenvalue weighted by molar-refractivity contribution is 7.89. The van der Waals surface area contributed by atoms with Crippen LogP contribution in [0, 0.1) is 5.92 Å². The lowest BCUT2D eigenvalue weighted by Gasteiger charge is -2.35. The first-order chi connectivity index (χ1) is 10.1. The molecule has 0 amide bonds. The highest BCUT2D eigenvalue weighted by atomic mass is 32.2. The maximum absolute atomic E-state index is 12.3. The number of hydrogen-bond acceptors (Lipinski definition) is 4. The first kappa shape index (κ1) is 15.7. The van der Waals surface area contributed by atoms with Gasteiger partial charge >= 0.3 is 0 Å². The van der Waals surface area contributed by atoms with E-state index in [1.165, 1.54) is 19.4 Å². The van der Waals surface area contributed by atoms with Crippen LogP contribution in [0.1, 0.15) is 44.9 Å². The van der Waals surface area contributed by atoms with E-state index in [1.807, 2.05) is 0 Å². The normalized spacial score (nSPS) is 32.2. The number of sulfonamides is 1. The van der Waals surface area contributed by atoms with Crippen molar-refractivity contribution in [2.75, 3.05) is 31.9 Å². The largest absolute Gasteiger partial charge is 0.317 e. The van der Waals surface area contributed by atoms with E-state index in [4.69, 9.17) is 0 Å². The minimum atomic E-state index is -3.10. The van der Waals surface area contributed by atoms with Gasteiger partial charge < -0.3 is 10.2 Å². The smallest absolute Gasteiger partial charge is 0.211 e. The van der Waals surface area contributed by atoms with Crippen molar-refractivity contribution < 1.29 is 8.42 Å². The van der Waals surface area contributed by atoms with E-state index in [1.54, 1.807) is 0 Å². The Labute approximate surface area is 128 Å². The van der Waals surface area contributed by atoms with E-state index in [-0.39, 0.29) is 6.04 Å². The summed E-state index contributed by atoms with van der Waals surface area (Å²) in [6, 6.07) is 0.790. The topological polar surface area (TPSA) is 61.4 Å². The van der Waals surface area contributed by atoms with Crippen molar-refractivity contribution in [1.29, 1.82) is 0 Å². The van der Waals surface area contributed by atoms with Crippen LogP contribution < -0.4 is 10.0 Å². The maximum Gasteiger partial charge on any atom is 0.211 e. The second kappa shape index (κ2) is 6.94. The number of nitrogens with zero attached hydrogens (tertiary/aromatic N) is 1. The van der Waals surface area contributed by atoms with Gasteiger partial charge in [0.05, 0.1) is 5.75 Å². The fourth-order valence-corrected chi connectivity index (χ4v) is 5.62. The zero-order valence-electron chi connectivity index (χ0n) is 12.9. The molecule has 0 saturated carbocycles. The predicted octanol–water partition coefficient (Wildman–Crippen LogP) is 0.922. The highest BCUT2D eigenvalue weighted by Crippen LogP contribution is 2.27. The molecule has 3 fully saturated rings. The molecule has 0 aliphatic carbocycles. The lowest BCUT2D eigenvalue weighted by atomic mass is 9.96. The van der Waals surface area contributed by atoms with E-state index >= 15 is 0 Å². The summed E-state index contributed by atoms with van der Waals surface area (Å²) < 4.78 is 27.6. The van der Waals surface area contributed by atoms with E-state index in [2.05, 4.69) is 14.9 Å². The average molecular weight is 315 g/mol. The zero-order chi connectivity index (χ0) is 14.7. The fourth-order valence-electron chi connectivity index (χ4n) is 4.14. The fraction of sp³-hybridized carbons (Fsp3) is 1.00. The van der Waals surface area contributed by atoms with Crippen LogP contribution in [0.2, 0.25) is 0 Å². The first-order valence-electron chi connectivity index (χ1n) is 8.57. The van der Waals surface area contributed by atoms with Crippen molar-refractivity contribution >= 4 is 10.0 Å². The molecule has 2 unspecified atom stereocenters. The third-order valence-electron chi connectivity index (χ3n) is 5.42. The number of rotatable bonds is 5. The SMILES string of the molecule is O=S(=O)(CCC1CCNCC1)NC1CCN2CCCC2C1. The van der Waals surface area contributed by atoms with Crippen LogP contribution in [0.25, 0.3) is 0 Å². The van der Waals surface area contributed by atoms with Gasteiger partial charge in [0.1, 0.15) is 0 Å². The molecule has 3 aliphatic heterocycles.